The van der Waals surface area contributed by atoms with Crippen LogP contribution in [0.3, 0.4) is 0 Å². The largest absolute Gasteiger partial charge is 0.397 e. The standard InChI is InChI=1S/C12H12N4OS/c13-8-2-1-5-14-12(8)18-10-6-9(17)15-11(16-10)7-3-4-7/h1-2,5-7H,3-4,13H2,(H,15,16,17). The molecule has 2 heterocycles. The van der Waals surface area contributed by atoms with Gasteiger partial charge in [-0.2, -0.15) is 0 Å². The fourth-order valence-corrected chi connectivity index (χ4v) is 2.45. The molecule has 0 amide bonds. The molecule has 2 aromatic heterocycles. The molecule has 5 nitrogen and oxygen atoms in total. The van der Waals surface area contributed by atoms with E-state index in [1.807, 2.05) is 0 Å². The van der Waals surface area contributed by atoms with Crippen LogP contribution in [-0.2, 0) is 0 Å². The molecule has 0 aliphatic heterocycles. The number of nitrogen functional groups attached to an aromatic ring is 1. The van der Waals surface area contributed by atoms with Gasteiger partial charge in [-0.05, 0) is 36.7 Å². The summed E-state index contributed by atoms with van der Waals surface area (Å²) < 4.78 is 0. The number of nitrogens with two attached hydrogens (primary N) is 1. The first-order chi connectivity index (χ1) is 8.72. The second kappa shape index (κ2) is 4.45. The van der Waals surface area contributed by atoms with Crippen molar-refractivity contribution < 1.29 is 0 Å². The maximum Gasteiger partial charge on any atom is 0.252 e. The summed E-state index contributed by atoms with van der Waals surface area (Å²) in [6, 6.07) is 5.04. The number of hydrogen-bond donors (Lipinski definition) is 2. The molecule has 3 N–H and O–H groups in total. The molecule has 0 spiro atoms. The Morgan fingerprint density at radius 1 is 1.44 bits per heavy atom. The normalized spacial score (nSPS) is 14.7. The third kappa shape index (κ3) is 2.38. The van der Waals surface area contributed by atoms with E-state index in [1.54, 1.807) is 18.3 Å². The van der Waals surface area contributed by atoms with Crippen molar-refractivity contribution in [2.24, 2.45) is 0 Å². The van der Waals surface area contributed by atoms with E-state index in [2.05, 4.69) is 15.0 Å². The number of aromatic nitrogens is 3. The molecule has 2 aromatic rings. The zero-order valence-corrected chi connectivity index (χ0v) is 10.4. The minimum Gasteiger partial charge on any atom is -0.397 e. The van der Waals surface area contributed by atoms with Crippen molar-refractivity contribution in [2.75, 3.05) is 5.73 Å². The van der Waals surface area contributed by atoms with Gasteiger partial charge in [-0.15, -0.1) is 0 Å². The molecule has 1 fully saturated rings. The lowest BCUT2D eigenvalue weighted by Gasteiger charge is -2.04. The Kier molecular flexibility index (Phi) is 2.79. The van der Waals surface area contributed by atoms with Crippen molar-refractivity contribution in [3.8, 4) is 0 Å². The van der Waals surface area contributed by atoms with E-state index in [0.717, 1.165) is 18.7 Å². The van der Waals surface area contributed by atoms with Gasteiger partial charge >= 0.3 is 0 Å². The average Bonchev–Trinajstić information content (AvgIpc) is 3.15. The maximum atomic E-state index is 11.6. The fraction of sp³-hybridized carbons (Fsp3) is 0.250. The van der Waals surface area contributed by atoms with Gasteiger partial charge in [0.2, 0.25) is 0 Å². The molecule has 92 valence electrons. The van der Waals surface area contributed by atoms with Gasteiger partial charge in [-0.3, -0.25) is 4.79 Å². The lowest BCUT2D eigenvalue weighted by atomic mass is 10.4. The summed E-state index contributed by atoms with van der Waals surface area (Å²) in [4.78, 5) is 23.0. The zero-order chi connectivity index (χ0) is 12.5. The monoisotopic (exact) mass is 260 g/mol. The molecule has 0 radical (unpaired) electrons. The van der Waals surface area contributed by atoms with Gasteiger partial charge in [-0.1, -0.05) is 0 Å². The van der Waals surface area contributed by atoms with Crippen LogP contribution in [0.5, 0.6) is 0 Å². The molecule has 0 unspecified atom stereocenters. The van der Waals surface area contributed by atoms with E-state index in [9.17, 15) is 4.79 Å². The van der Waals surface area contributed by atoms with Crippen molar-refractivity contribution >= 4 is 17.4 Å². The van der Waals surface area contributed by atoms with E-state index < -0.39 is 0 Å². The van der Waals surface area contributed by atoms with Gasteiger partial charge in [-0.25, -0.2) is 9.97 Å². The fourth-order valence-electron chi connectivity index (χ4n) is 1.64. The second-order valence-electron chi connectivity index (χ2n) is 4.24. The van der Waals surface area contributed by atoms with Gasteiger partial charge < -0.3 is 10.7 Å². The highest BCUT2D eigenvalue weighted by atomic mass is 32.2. The molecule has 1 saturated carbocycles. The molecule has 6 heteroatoms. The Morgan fingerprint density at radius 2 is 2.28 bits per heavy atom. The molecule has 0 bridgehead atoms. The third-order valence-corrected chi connectivity index (χ3v) is 3.66. The van der Waals surface area contributed by atoms with Crippen LogP contribution in [0, 0.1) is 0 Å². The van der Waals surface area contributed by atoms with Crippen LogP contribution >= 0.6 is 11.8 Å². The average molecular weight is 260 g/mol. The van der Waals surface area contributed by atoms with E-state index in [-0.39, 0.29) is 5.56 Å². The van der Waals surface area contributed by atoms with Crippen molar-refractivity contribution in [1.29, 1.82) is 0 Å². The highest BCUT2D eigenvalue weighted by Crippen LogP contribution is 2.38. The van der Waals surface area contributed by atoms with E-state index in [4.69, 9.17) is 5.73 Å². The van der Waals surface area contributed by atoms with E-state index >= 15 is 0 Å². The first-order valence-electron chi connectivity index (χ1n) is 5.72. The van der Waals surface area contributed by atoms with Gasteiger partial charge in [0.05, 0.1) is 5.69 Å². The summed E-state index contributed by atoms with van der Waals surface area (Å²) in [6.07, 6.45) is 3.87. The first-order valence-corrected chi connectivity index (χ1v) is 6.53. The highest BCUT2D eigenvalue weighted by Gasteiger charge is 2.26. The van der Waals surface area contributed by atoms with Crippen LogP contribution in [0.2, 0.25) is 0 Å². The second-order valence-corrected chi connectivity index (χ2v) is 5.25. The molecule has 1 aliphatic rings. The van der Waals surface area contributed by atoms with Crippen LogP contribution in [0.1, 0.15) is 24.6 Å². The summed E-state index contributed by atoms with van der Waals surface area (Å²) in [7, 11) is 0. The quantitative estimate of drug-likeness (QED) is 0.822. The molecular weight excluding hydrogens is 248 g/mol. The van der Waals surface area contributed by atoms with Crippen LogP contribution in [-0.4, -0.2) is 15.0 Å². The SMILES string of the molecule is Nc1cccnc1Sc1cc(=O)[nH]c(C2CC2)n1. The lowest BCUT2D eigenvalue weighted by Crippen LogP contribution is -2.10. The number of rotatable bonds is 3. The Labute approximate surface area is 108 Å². The van der Waals surface area contributed by atoms with Gasteiger partial charge in [0.25, 0.3) is 5.56 Å². The molecule has 0 aromatic carbocycles. The lowest BCUT2D eigenvalue weighted by molar-refractivity contribution is 0.859. The van der Waals surface area contributed by atoms with Crippen molar-refractivity contribution in [3.05, 3.63) is 40.6 Å². The number of pyridine rings is 1. The van der Waals surface area contributed by atoms with Crippen molar-refractivity contribution in [1.82, 2.24) is 15.0 Å². The summed E-state index contributed by atoms with van der Waals surface area (Å²) in [5, 5.41) is 1.32. The van der Waals surface area contributed by atoms with Gasteiger partial charge in [0, 0.05) is 18.2 Å². The Hall–Kier alpha value is -1.82. The molecule has 18 heavy (non-hydrogen) atoms. The summed E-state index contributed by atoms with van der Waals surface area (Å²) >= 11 is 1.32. The summed E-state index contributed by atoms with van der Waals surface area (Å²) in [5.74, 6) is 1.19. The maximum absolute atomic E-state index is 11.6. The number of aromatic amines is 1. The van der Waals surface area contributed by atoms with Gasteiger partial charge in [0.15, 0.2) is 0 Å². The number of H-pyrrole nitrogens is 1. The molecule has 0 saturated heterocycles. The Bertz CT molecular complexity index is 636. The van der Waals surface area contributed by atoms with Gasteiger partial charge in [0.1, 0.15) is 15.9 Å². The Morgan fingerprint density at radius 3 is 3.00 bits per heavy atom. The zero-order valence-electron chi connectivity index (χ0n) is 9.59. The van der Waals surface area contributed by atoms with Crippen LogP contribution < -0.4 is 11.3 Å². The summed E-state index contributed by atoms with van der Waals surface area (Å²) in [6.45, 7) is 0. The van der Waals surface area contributed by atoms with Crippen molar-refractivity contribution in [2.45, 2.75) is 28.8 Å². The smallest absolute Gasteiger partial charge is 0.252 e. The highest BCUT2D eigenvalue weighted by molar-refractivity contribution is 7.99. The Balaban J connectivity index is 1.93. The first kappa shape index (κ1) is 11.3. The number of nitrogens with zero attached hydrogens (tertiary/aromatic N) is 2. The van der Waals surface area contributed by atoms with E-state index in [0.29, 0.717) is 21.7 Å². The topological polar surface area (TPSA) is 84.7 Å². The van der Waals surface area contributed by atoms with Crippen LogP contribution in [0.15, 0.2) is 39.2 Å². The van der Waals surface area contributed by atoms with Crippen LogP contribution in [0.25, 0.3) is 0 Å². The third-order valence-electron chi connectivity index (χ3n) is 2.70. The molecule has 3 rings (SSSR count). The number of hydrogen-bond acceptors (Lipinski definition) is 5. The summed E-state index contributed by atoms with van der Waals surface area (Å²) in [5.41, 5.74) is 6.29. The minimum atomic E-state index is -0.121. The molecule has 0 atom stereocenters. The van der Waals surface area contributed by atoms with E-state index in [1.165, 1.54) is 17.8 Å². The molecule has 1 aliphatic carbocycles. The molecular formula is C12H12N4OS. The number of nitrogens with one attached hydrogen (secondary N) is 1. The predicted molar refractivity (Wildman–Crippen MR) is 69.6 cm³/mol. The number of anilines is 1. The van der Waals surface area contributed by atoms with Crippen molar-refractivity contribution in [3.63, 3.8) is 0 Å². The van der Waals surface area contributed by atoms with Crippen LogP contribution in [0.4, 0.5) is 5.69 Å². The predicted octanol–water partition coefficient (Wildman–Crippen LogP) is 1.78. The minimum absolute atomic E-state index is 0.121.